The standard InChI is InChI=1S/C15H22N4O3/c1-18(2)13-5-3-4-12(16-13)17-14(20)6-7-15(21)19-8-10-22-11-9-19/h3-5H,6-11H2,1-2H3,(H,16,17,20). The lowest BCUT2D eigenvalue weighted by Gasteiger charge is -2.26. The van der Waals surface area contributed by atoms with Crippen LogP contribution < -0.4 is 10.2 Å². The van der Waals surface area contributed by atoms with Crippen LogP contribution in [-0.4, -0.2) is 62.1 Å². The fraction of sp³-hybridized carbons (Fsp3) is 0.533. The van der Waals surface area contributed by atoms with Crippen molar-refractivity contribution < 1.29 is 14.3 Å². The summed E-state index contributed by atoms with van der Waals surface area (Å²) in [5.74, 6) is 1.05. The summed E-state index contributed by atoms with van der Waals surface area (Å²) in [6.07, 6.45) is 0.364. The van der Waals surface area contributed by atoms with E-state index in [9.17, 15) is 9.59 Å². The third-order valence-corrected chi connectivity index (χ3v) is 3.39. The SMILES string of the molecule is CN(C)c1cccc(NC(=O)CCC(=O)N2CCOCC2)n1. The predicted molar refractivity (Wildman–Crippen MR) is 83.8 cm³/mol. The molecule has 0 atom stereocenters. The van der Waals surface area contributed by atoms with Crippen LogP contribution in [0.5, 0.6) is 0 Å². The maximum Gasteiger partial charge on any atom is 0.226 e. The van der Waals surface area contributed by atoms with Crippen molar-refractivity contribution in [1.82, 2.24) is 9.88 Å². The molecule has 0 spiro atoms. The molecule has 7 heteroatoms. The van der Waals surface area contributed by atoms with E-state index in [0.29, 0.717) is 32.1 Å². The summed E-state index contributed by atoms with van der Waals surface area (Å²) in [6.45, 7) is 2.35. The quantitative estimate of drug-likeness (QED) is 0.868. The van der Waals surface area contributed by atoms with Crippen molar-refractivity contribution >= 4 is 23.5 Å². The minimum atomic E-state index is -0.204. The van der Waals surface area contributed by atoms with Crippen molar-refractivity contribution in [2.24, 2.45) is 0 Å². The number of amides is 2. The highest BCUT2D eigenvalue weighted by Gasteiger charge is 2.17. The van der Waals surface area contributed by atoms with Crippen molar-refractivity contribution in [1.29, 1.82) is 0 Å². The van der Waals surface area contributed by atoms with Gasteiger partial charge in [0, 0.05) is 40.0 Å². The summed E-state index contributed by atoms with van der Waals surface area (Å²) < 4.78 is 5.20. The fourth-order valence-corrected chi connectivity index (χ4v) is 2.14. The summed E-state index contributed by atoms with van der Waals surface area (Å²) in [7, 11) is 3.77. The highest BCUT2D eigenvalue weighted by Crippen LogP contribution is 2.12. The van der Waals surface area contributed by atoms with Crippen LogP contribution in [0.15, 0.2) is 18.2 Å². The van der Waals surface area contributed by atoms with E-state index in [-0.39, 0.29) is 24.7 Å². The molecule has 0 unspecified atom stereocenters. The third-order valence-electron chi connectivity index (χ3n) is 3.39. The van der Waals surface area contributed by atoms with Gasteiger partial charge in [0.1, 0.15) is 11.6 Å². The number of ether oxygens (including phenoxy) is 1. The van der Waals surface area contributed by atoms with Crippen molar-refractivity contribution in [2.75, 3.05) is 50.6 Å². The smallest absolute Gasteiger partial charge is 0.226 e. The summed E-state index contributed by atoms with van der Waals surface area (Å²) in [5.41, 5.74) is 0. The number of carbonyl (C=O) groups excluding carboxylic acids is 2. The number of nitrogens with one attached hydrogen (secondary N) is 1. The van der Waals surface area contributed by atoms with Gasteiger partial charge >= 0.3 is 0 Å². The Bertz CT molecular complexity index is 527. The molecule has 1 aliphatic heterocycles. The molecule has 22 heavy (non-hydrogen) atoms. The van der Waals surface area contributed by atoms with Gasteiger partial charge in [-0.3, -0.25) is 9.59 Å². The summed E-state index contributed by atoms with van der Waals surface area (Å²) in [5, 5.41) is 2.72. The van der Waals surface area contributed by atoms with Crippen LogP contribution in [0.25, 0.3) is 0 Å². The molecule has 0 aromatic carbocycles. The lowest BCUT2D eigenvalue weighted by atomic mass is 10.2. The Balaban J connectivity index is 1.80. The normalized spacial score (nSPS) is 14.5. The molecule has 7 nitrogen and oxygen atoms in total. The molecule has 1 saturated heterocycles. The van der Waals surface area contributed by atoms with Crippen molar-refractivity contribution in [3.05, 3.63) is 18.2 Å². The van der Waals surface area contributed by atoms with Gasteiger partial charge in [-0.1, -0.05) is 6.07 Å². The molecule has 0 saturated carbocycles. The zero-order chi connectivity index (χ0) is 15.9. The van der Waals surface area contributed by atoms with Crippen LogP contribution in [0.4, 0.5) is 11.6 Å². The second-order valence-electron chi connectivity index (χ2n) is 5.32. The molecule has 2 heterocycles. The molecule has 0 bridgehead atoms. The van der Waals surface area contributed by atoms with E-state index in [4.69, 9.17) is 4.74 Å². The lowest BCUT2D eigenvalue weighted by molar-refractivity contribution is -0.136. The van der Waals surface area contributed by atoms with Crippen molar-refractivity contribution in [3.63, 3.8) is 0 Å². The van der Waals surface area contributed by atoms with E-state index < -0.39 is 0 Å². The number of hydrogen-bond donors (Lipinski definition) is 1. The molecule has 120 valence electrons. The number of carbonyl (C=O) groups is 2. The maximum absolute atomic E-state index is 12.0. The molecule has 0 aliphatic carbocycles. The molecule has 1 fully saturated rings. The topological polar surface area (TPSA) is 74.8 Å². The highest BCUT2D eigenvalue weighted by atomic mass is 16.5. The molecule has 2 rings (SSSR count). The summed E-state index contributed by atoms with van der Waals surface area (Å²) in [6, 6.07) is 5.42. The Morgan fingerprint density at radius 1 is 1.27 bits per heavy atom. The molecule has 0 radical (unpaired) electrons. The van der Waals surface area contributed by atoms with Gasteiger partial charge in [-0.15, -0.1) is 0 Å². The second kappa shape index (κ2) is 7.74. The fourth-order valence-electron chi connectivity index (χ4n) is 2.14. The first-order chi connectivity index (χ1) is 10.6. The number of rotatable bonds is 5. The number of nitrogens with zero attached hydrogens (tertiary/aromatic N) is 3. The molecular formula is C15H22N4O3. The van der Waals surface area contributed by atoms with Crippen LogP contribution in [-0.2, 0) is 14.3 Å². The van der Waals surface area contributed by atoms with Crippen LogP contribution in [0.2, 0.25) is 0 Å². The minimum absolute atomic E-state index is 0.00606. The third kappa shape index (κ3) is 4.70. The summed E-state index contributed by atoms with van der Waals surface area (Å²) in [4.78, 5) is 31.8. The first-order valence-corrected chi connectivity index (χ1v) is 7.36. The molecule has 1 aromatic heterocycles. The van der Waals surface area contributed by atoms with E-state index in [2.05, 4.69) is 10.3 Å². The molecular weight excluding hydrogens is 284 g/mol. The van der Waals surface area contributed by atoms with E-state index in [1.54, 1.807) is 11.0 Å². The molecule has 1 aromatic rings. The van der Waals surface area contributed by atoms with Crippen molar-refractivity contribution in [2.45, 2.75) is 12.8 Å². The van der Waals surface area contributed by atoms with E-state index in [1.807, 2.05) is 31.1 Å². The van der Waals surface area contributed by atoms with E-state index in [1.165, 1.54) is 0 Å². The summed E-state index contributed by atoms with van der Waals surface area (Å²) >= 11 is 0. The van der Waals surface area contributed by atoms with Gasteiger partial charge in [-0.25, -0.2) is 4.98 Å². The Kier molecular flexibility index (Phi) is 5.71. The Morgan fingerprint density at radius 2 is 2.00 bits per heavy atom. The molecule has 1 aliphatic rings. The minimum Gasteiger partial charge on any atom is -0.378 e. The average molecular weight is 306 g/mol. The largest absolute Gasteiger partial charge is 0.378 e. The van der Waals surface area contributed by atoms with Gasteiger partial charge in [-0.05, 0) is 12.1 Å². The van der Waals surface area contributed by atoms with Gasteiger partial charge < -0.3 is 19.9 Å². The Morgan fingerprint density at radius 3 is 2.68 bits per heavy atom. The van der Waals surface area contributed by atoms with Crippen molar-refractivity contribution in [3.8, 4) is 0 Å². The number of aromatic nitrogens is 1. The second-order valence-corrected chi connectivity index (χ2v) is 5.32. The maximum atomic E-state index is 12.0. The zero-order valence-corrected chi connectivity index (χ0v) is 13.0. The van der Waals surface area contributed by atoms with Gasteiger partial charge in [-0.2, -0.15) is 0 Å². The predicted octanol–water partition coefficient (Wildman–Crippen LogP) is 0.725. The van der Waals surface area contributed by atoms with Gasteiger partial charge in [0.05, 0.1) is 13.2 Å². The molecule has 1 N–H and O–H groups in total. The van der Waals surface area contributed by atoms with Crippen LogP contribution >= 0.6 is 0 Å². The van der Waals surface area contributed by atoms with E-state index in [0.717, 1.165) is 5.82 Å². The number of morpholine rings is 1. The first kappa shape index (κ1) is 16.2. The van der Waals surface area contributed by atoms with Crippen LogP contribution in [0, 0.1) is 0 Å². The van der Waals surface area contributed by atoms with E-state index >= 15 is 0 Å². The average Bonchev–Trinajstić information content (AvgIpc) is 2.53. The molecule has 2 amide bonds. The Labute approximate surface area is 130 Å². The van der Waals surface area contributed by atoms with Gasteiger partial charge in [0.15, 0.2) is 0 Å². The monoisotopic (exact) mass is 306 g/mol. The number of pyridine rings is 1. The highest BCUT2D eigenvalue weighted by molar-refractivity contribution is 5.92. The first-order valence-electron chi connectivity index (χ1n) is 7.36. The zero-order valence-electron chi connectivity index (χ0n) is 13.0. The van der Waals surface area contributed by atoms with Gasteiger partial charge in [0.25, 0.3) is 0 Å². The number of hydrogen-bond acceptors (Lipinski definition) is 5. The van der Waals surface area contributed by atoms with Gasteiger partial charge in [0.2, 0.25) is 11.8 Å². The Hall–Kier alpha value is -2.15. The lowest BCUT2D eigenvalue weighted by Crippen LogP contribution is -2.40. The van der Waals surface area contributed by atoms with Crippen LogP contribution in [0.3, 0.4) is 0 Å². The van der Waals surface area contributed by atoms with Crippen LogP contribution in [0.1, 0.15) is 12.8 Å². The number of anilines is 2.